The van der Waals surface area contributed by atoms with Crippen molar-refractivity contribution in [3.8, 4) is 0 Å². The third-order valence-corrected chi connectivity index (χ3v) is 3.24. The van der Waals surface area contributed by atoms with Crippen LogP contribution in [0.3, 0.4) is 0 Å². The molecule has 1 aromatic heterocycles. The second-order valence-corrected chi connectivity index (χ2v) is 5.29. The summed E-state index contributed by atoms with van der Waals surface area (Å²) in [4.78, 5) is 12.0. The first-order valence-corrected chi connectivity index (χ1v) is 7.26. The molecule has 0 aliphatic rings. The Bertz CT molecular complexity index is 597. The minimum atomic E-state index is -0.224. The number of carbonyl (C=O) groups excluding carboxylic acids is 1. The summed E-state index contributed by atoms with van der Waals surface area (Å²) in [7, 11) is 1.85. The lowest BCUT2D eigenvalue weighted by Gasteiger charge is -2.18. The number of aromatic nitrogens is 3. The number of carbonyl (C=O) groups is 1. The van der Waals surface area contributed by atoms with E-state index in [0.29, 0.717) is 12.4 Å². The van der Waals surface area contributed by atoms with Gasteiger partial charge in [0.25, 0.3) is 0 Å². The van der Waals surface area contributed by atoms with E-state index in [4.69, 9.17) is 0 Å². The van der Waals surface area contributed by atoms with Crippen LogP contribution in [-0.4, -0.2) is 33.4 Å². The third-order valence-electron chi connectivity index (χ3n) is 3.24. The van der Waals surface area contributed by atoms with Crippen molar-refractivity contribution >= 4 is 11.7 Å². The van der Waals surface area contributed by atoms with Gasteiger partial charge >= 0.3 is 6.03 Å². The Labute approximate surface area is 130 Å². The lowest BCUT2D eigenvalue weighted by molar-refractivity contribution is 0.234. The van der Waals surface area contributed by atoms with Crippen molar-refractivity contribution in [3.05, 3.63) is 42.5 Å². The molecule has 1 heterocycles. The predicted octanol–water partition coefficient (Wildman–Crippen LogP) is 1.68. The average molecular weight is 302 g/mol. The largest absolute Gasteiger partial charge is 0.383 e. The van der Waals surface area contributed by atoms with Gasteiger partial charge in [0, 0.05) is 25.3 Å². The molecule has 0 radical (unpaired) electrons. The molecule has 0 bridgehead atoms. The Morgan fingerprint density at radius 2 is 1.95 bits per heavy atom. The van der Waals surface area contributed by atoms with Crippen LogP contribution in [0.1, 0.15) is 25.7 Å². The number of rotatable bonds is 6. The fraction of sp³-hybridized carbons (Fsp3) is 0.400. The second-order valence-electron chi connectivity index (χ2n) is 5.29. The molecule has 0 saturated heterocycles. The maximum atomic E-state index is 12.0. The Balaban J connectivity index is 1.75. The quantitative estimate of drug-likeness (QED) is 0.758. The number of nitrogens with zero attached hydrogens (tertiary/aromatic N) is 3. The number of hydrogen-bond donors (Lipinski definition) is 3. The van der Waals surface area contributed by atoms with E-state index >= 15 is 0 Å². The maximum absolute atomic E-state index is 12.0. The highest BCUT2D eigenvalue weighted by atomic mass is 16.2. The van der Waals surface area contributed by atoms with Crippen LogP contribution in [-0.2, 0) is 7.05 Å². The number of hydrogen-bond acceptors (Lipinski definition) is 4. The zero-order valence-electron chi connectivity index (χ0n) is 13.1. The molecular weight excluding hydrogens is 280 g/mol. The van der Waals surface area contributed by atoms with Crippen LogP contribution in [0.25, 0.3) is 0 Å². The molecule has 0 aliphatic heterocycles. The number of amides is 2. The van der Waals surface area contributed by atoms with Crippen LogP contribution in [0.4, 0.5) is 10.5 Å². The first-order valence-electron chi connectivity index (χ1n) is 7.26. The molecule has 2 rings (SSSR count). The molecule has 0 saturated carbocycles. The fourth-order valence-electron chi connectivity index (χ4n) is 2.09. The lowest BCUT2D eigenvalue weighted by Crippen LogP contribution is -2.44. The predicted molar refractivity (Wildman–Crippen MR) is 85.5 cm³/mol. The highest BCUT2D eigenvalue weighted by Gasteiger charge is 2.15. The van der Waals surface area contributed by atoms with Gasteiger partial charge in [0.1, 0.15) is 6.33 Å². The zero-order valence-corrected chi connectivity index (χ0v) is 13.1. The van der Waals surface area contributed by atoms with Gasteiger partial charge in [-0.25, -0.2) is 4.79 Å². The summed E-state index contributed by atoms with van der Waals surface area (Å²) in [6.45, 7) is 4.47. The van der Waals surface area contributed by atoms with Gasteiger partial charge in [-0.2, -0.15) is 0 Å². The van der Waals surface area contributed by atoms with Crippen molar-refractivity contribution in [2.45, 2.75) is 25.9 Å². The van der Waals surface area contributed by atoms with Crippen molar-refractivity contribution in [3.63, 3.8) is 0 Å². The summed E-state index contributed by atoms with van der Waals surface area (Å²) in [6, 6.07) is 9.44. The summed E-state index contributed by atoms with van der Waals surface area (Å²) >= 11 is 0. The average Bonchev–Trinajstić information content (AvgIpc) is 2.92. The fourth-order valence-corrected chi connectivity index (χ4v) is 2.09. The normalized spacial score (nSPS) is 13.2. The van der Waals surface area contributed by atoms with E-state index < -0.39 is 0 Å². The van der Waals surface area contributed by atoms with Crippen molar-refractivity contribution in [2.75, 3.05) is 11.9 Å². The monoisotopic (exact) mass is 302 g/mol. The number of anilines is 1. The standard InChI is InChI=1S/C15H22N6O/c1-11(9-16-13-7-5-4-6-8-13)18-15(22)19-12(2)14-20-17-10-21(14)3/h4-8,10-12,16H,9H2,1-3H3,(H2,18,19,22)/t11-,12-/m1/s1. The van der Waals surface area contributed by atoms with Gasteiger partial charge in [-0.15, -0.1) is 10.2 Å². The van der Waals surface area contributed by atoms with Crippen LogP contribution < -0.4 is 16.0 Å². The Morgan fingerprint density at radius 3 is 2.59 bits per heavy atom. The van der Waals surface area contributed by atoms with E-state index in [1.54, 1.807) is 10.9 Å². The van der Waals surface area contributed by atoms with E-state index in [1.807, 2.05) is 51.2 Å². The number of aryl methyl sites for hydroxylation is 1. The van der Waals surface area contributed by atoms with Crippen LogP contribution >= 0.6 is 0 Å². The smallest absolute Gasteiger partial charge is 0.315 e. The van der Waals surface area contributed by atoms with Gasteiger partial charge in [0.05, 0.1) is 6.04 Å². The second kappa shape index (κ2) is 7.44. The van der Waals surface area contributed by atoms with Gasteiger partial charge in [0.2, 0.25) is 0 Å². The molecular formula is C15H22N6O. The molecule has 3 N–H and O–H groups in total. The topological polar surface area (TPSA) is 83.9 Å². The summed E-state index contributed by atoms with van der Waals surface area (Å²) in [6.07, 6.45) is 1.61. The zero-order chi connectivity index (χ0) is 15.9. The SMILES string of the molecule is C[C@H](CNc1ccccc1)NC(=O)N[C@H](C)c1nncn1C. The molecule has 0 unspecified atom stereocenters. The molecule has 118 valence electrons. The summed E-state index contributed by atoms with van der Waals surface area (Å²) in [5, 5.41) is 16.8. The van der Waals surface area contributed by atoms with Gasteiger partial charge in [-0.1, -0.05) is 18.2 Å². The number of benzene rings is 1. The van der Waals surface area contributed by atoms with Gasteiger partial charge in [-0.3, -0.25) is 0 Å². The summed E-state index contributed by atoms with van der Waals surface area (Å²) in [5.74, 6) is 0.713. The number of urea groups is 1. The van der Waals surface area contributed by atoms with E-state index in [0.717, 1.165) is 5.69 Å². The van der Waals surface area contributed by atoms with Crippen molar-refractivity contribution < 1.29 is 4.79 Å². The molecule has 2 amide bonds. The Kier molecular flexibility index (Phi) is 5.35. The minimum Gasteiger partial charge on any atom is -0.383 e. The highest BCUT2D eigenvalue weighted by Crippen LogP contribution is 2.07. The first kappa shape index (κ1) is 15.8. The number of para-hydroxylation sites is 1. The molecule has 2 atom stereocenters. The highest BCUT2D eigenvalue weighted by molar-refractivity contribution is 5.74. The van der Waals surface area contributed by atoms with Crippen LogP contribution in [0.2, 0.25) is 0 Å². The Morgan fingerprint density at radius 1 is 1.23 bits per heavy atom. The summed E-state index contributed by atoms with van der Waals surface area (Å²) in [5.41, 5.74) is 1.03. The first-order chi connectivity index (χ1) is 10.6. The van der Waals surface area contributed by atoms with E-state index in [9.17, 15) is 4.79 Å². The molecule has 7 nitrogen and oxygen atoms in total. The van der Waals surface area contributed by atoms with Gasteiger partial charge in [-0.05, 0) is 26.0 Å². The molecule has 22 heavy (non-hydrogen) atoms. The van der Waals surface area contributed by atoms with Crippen molar-refractivity contribution in [1.82, 2.24) is 25.4 Å². The van der Waals surface area contributed by atoms with E-state index in [1.165, 1.54) is 0 Å². The summed E-state index contributed by atoms with van der Waals surface area (Å²) < 4.78 is 1.78. The van der Waals surface area contributed by atoms with E-state index in [-0.39, 0.29) is 18.1 Å². The maximum Gasteiger partial charge on any atom is 0.315 e. The molecule has 1 aromatic carbocycles. The molecule has 0 fully saturated rings. The van der Waals surface area contributed by atoms with Crippen LogP contribution in [0.5, 0.6) is 0 Å². The number of nitrogens with one attached hydrogen (secondary N) is 3. The third kappa shape index (κ3) is 4.47. The molecule has 7 heteroatoms. The van der Waals surface area contributed by atoms with Crippen molar-refractivity contribution in [1.29, 1.82) is 0 Å². The van der Waals surface area contributed by atoms with Gasteiger partial charge in [0.15, 0.2) is 5.82 Å². The molecule has 2 aromatic rings. The van der Waals surface area contributed by atoms with Gasteiger partial charge < -0.3 is 20.5 Å². The molecule has 0 aliphatic carbocycles. The minimum absolute atomic E-state index is 0.00750. The lowest BCUT2D eigenvalue weighted by atomic mass is 10.3. The Hall–Kier alpha value is -2.57. The van der Waals surface area contributed by atoms with E-state index in [2.05, 4.69) is 26.1 Å². The van der Waals surface area contributed by atoms with Crippen LogP contribution in [0, 0.1) is 0 Å². The van der Waals surface area contributed by atoms with Crippen molar-refractivity contribution in [2.24, 2.45) is 7.05 Å². The molecule has 0 spiro atoms. The van der Waals surface area contributed by atoms with Crippen LogP contribution in [0.15, 0.2) is 36.7 Å².